The molecule has 56 heavy (non-hydrogen) atoms. The second kappa shape index (κ2) is 15.9. The van der Waals surface area contributed by atoms with Crippen molar-refractivity contribution in [2.45, 2.75) is 0 Å². The van der Waals surface area contributed by atoms with Gasteiger partial charge in [0.2, 0.25) is 0 Å². The Balaban J connectivity index is 1.22. The number of nitrogens with zero attached hydrogens (tertiary/aromatic N) is 2. The molecule has 0 spiro atoms. The van der Waals surface area contributed by atoms with Crippen LogP contribution in [-0.4, -0.2) is 0 Å². The van der Waals surface area contributed by atoms with Crippen LogP contribution in [0.1, 0.15) is 22.3 Å². The Morgan fingerprint density at radius 3 is 0.750 bits per heavy atom. The van der Waals surface area contributed by atoms with Gasteiger partial charge >= 0.3 is 0 Å². The Labute approximate surface area is 329 Å². The second-order valence-electron chi connectivity index (χ2n) is 13.8. The number of rotatable bonds is 10. The largest absolute Gasteiger partial charge is 0.309 e. The third-order valence-corrected chi connectivity index (χ3v) is 10.2. The first-order chi connectivity index (χ1) is 27.8. The summed E-state index contributed by atoms with van der Waals surface area (Å²) in [6.45, 7) is 0. The number of para-hydroxylation sites is 2. The predicted molar refractivity (Wildman–Crippen MR) is 242 cm³/mol. The molecule has 2 heteroatoms. The van der Waals surface area contributed by atoms with E-state index in [1.165, 1.54) is 32.7 Å². The van der Waals surface area contributed by atoms with E-state index in [1.54, 1.807) is 0 Å². The molecule has 0 radical (unpaired) electrons. The minimum atomic E-state index is 1.09. The van der Waals surface area contributed by atoms with Crippen LogP contribution in [-0.2, 0) is 0 Å². The highest BCUT2D eigenvalue weighted by molar-refractivity contribution is 6.23. The summed E-state index contributed by atoms with van der Waals surface area (Å²) in [5.41, 5.74) is 11.3. The summed E-state index contributed by atoms with van der Waals surface area (Å²) < 4.78 is 0. The van der Waals surface area contributed by atoms with Crippen LogP contribution >= 0.6 is 0 Å². The first kappa shape index (κ1) is 34.4. The molecule has 0 atom stereocenters. The molecule has 0 aliphatic carbocycles. The van der Waals surface area contributed by atoms with Gasteiger partial charge in [0.1, 0.15) is 0 Å². The summed E-state index contributed by atoms with van der Waals surface area (Å²) in [6, 6.07) is 77.8. The molecule has 0 amide bonds. The Bertz CT molecular complexity index is 2500. The van der Waals surface area contributed by atoms with Crippen molar-refractivity contribution in [3.8, 4) is 0 Å². The van der Waals surface area contributed by atoms with Gasteiger partial charge in [0.15, 0.2) is 0 Å². The monoisotopic (exact) mass is 716 g/mol. The van der Waals surface area contributed by atoms with Crippen LogP contribution in [0.25, 0.3) is 45.8 Å². The Kier molecular flexibility index (Phi) is 9.75. The van der Waals surface area contributed by atoms with Crippen molar-refractivity contribution in [1.82, 2.24) is 0 Å². The van der Waals surface area contributed by atoms with E-state index in [1.807, 2.05) is 12.1 Å². The van der Waals surface area contributed by atoms with E-state index in [4.69, 9.17) is 0 Å². The van der Waals surface area contributed by atoms with Crippen LogP contribution in [0.4, 0.5) is 34.1 Å². The maximum Gasteiger partial charge on any atom is 0.0619 e. The van der Waals surface area contributed by atoms with Gasteiger partial charge in [-0.25, -0.2) is 0 Å². The Morgan fingerprint density at radius 1 is 0.214 bits per heavy atom. The number of fused-ring (bicyclic) bond motifs is 2. The van der Waals surface area contributed by atoms with E-state index in [9.17, 15) is 0 Å². The zero-order chi connectivity index (χ0) is 37.5. The minimum absolute atomic E-state index is 1.09. The lowest BCUT2D eigenvalue weighted by Gasteiger charge is -2.33. The fourth-order valence-corrected chi connectivity index (χ4v) is 7.52. The summed E-state index contributed by atoms with van der Waals surface area (Å²) in [5, 5.41) is 4.67. The minimum Gasteiger partial charge on any atom is -0.309 e. The highest BCUT2D eigenvalue weighted by Gasteiger charge is 2.25. The lowest BCUT2D eigenvalue weighted by Crippen LogP contribution is -2.14. The van der Waals surface area contributed by atoms with Crippen molar-refractivity contribution in [1.29, 1.82) is 0 Å². The van der Waals surface area contributed by atoms with Crippen molar-refractivity contribution < 1.29 is 0 Å². The SMILES string of the molecule is C(=C/c1ccc(N(c2ccccc2)c2c3ccccc3c(N(c3ccccc3)c3ccc(/C=C\c4ccccc4)cc3)c3ccccc23)cc1)/c1ccccc1. The lowest BCUT2D eigenvalue weighted by molar-refractivity contribution is 1.29. The van der Waals surface area contributed by atoms with Crippen LogP contribution < -0.4 is 9.80 Å². The Morgan fingerprint density at radius 2 is 0.446 bits per heavy atom. The molecule has 9 rings (SSSR count). The van der Waals surface area contributed by atoms with Crippen LogP contribution in [0.3, 0.4) is 0 Å². The van der Waals surface area contributed by atoms with E-state index in [-0.39, 0.29) is 0 Å². The second-order valence-corrected chi connectivity index (χ2v) is 13.8. The quantitative estimate of drug-likeness (QED) is 0.0790. The smallest absolute Gasteiger partial charge is 0.0619 e. The van der Waals surface area contributed by atoms with Gasteiger partial charge in [0.25, 0.3) is 0 Å². The molecule has 0 saturated carbocycles. The van der Waals surface area contributed by atoms with E-state index >= 15 is 0 Å². The molecule has 0 saturated heterocycles. The first-order valence-corrected chi connectivity index (χ1v) is 19.1. The zero-order valence-electron chi connectivity index (χ0n) is 31.0. The molecule has 0 heterocycles. The van der Waals surface area contributed by atoms with Gasteiger partial charge < -0.3 is 9.80 Å². The molecule has 9 aromatic rings. The molecule has 0 bridgehead atoms. The van der Waals surface area contributed by atoms with Gasteiger partial charge in [-0.2, -0.15) is 0 Å². The van der Waals surface area contributed by atoms with Gasteiger partial charge in [0.05, 0.1) is 11.4 Å². The molecule has 266 valence electrons. The number of hydrogen-bond donors (Lipinski definition) is 0. The summed E-state index contributed by atoms with van der Waals surface area (Å²) in [6.07, 6.45) is 8.68. The lowest BCUT2D eigenvalue weighted by atomic mass is 9.95. The molecule has 0 N–H and O–H groups in total. The van der Waals surface area contributed by atoms with Crippen molar-refractivity contribution >= 4 is 80.0 Å². The summed E-state index contributed by atoms with van der Waals surface area (Å²) in [4.78, 5) is 4.83. The maximum atomic E-state index is 2.42. The highest BCUT2D eigenvalue weighted by atomic mass is 15.2. The van der Waals surface area contributed by atoms with Crippen LogP contribution in [0.15, 0.2) is 218 Å². The average molecular weight is 717 g/mol. The van der Waals surface area contributed by atoms with Crippen LogP contribution in [0, 0.1) is 0 Å². The first-order valence-electron chi connectivity index (χ1n) is 19.1. The van der Waals surface area contributed by atoms with Crippen LogP contribution in [0.5, 0.6) is 0 Å². The van der Waals surface area contributed by atoms with Crippen molar-refractivity contribution in [2.24, 2.45) is 0 Å². The molecule has 0 fully saturated rings. The zero-order valence-corrected chi connectivity index (χ0v) is 31.0. The molecule has 0 aliphatic rings. The van der Waals surface area contributed by atoms with Crippen LogP contribution in [0.2, 0.25) is 0 Å². The molecule has 0 aliphatic heterocycles. The van der Waals surface area contributed by atoms with Crippen molar-refractivity contribution in [3.05, 3.63) is 241 Å². The van der Waals surface area contributed by atoms with Gasteiger partial charge in [-0.3, -0.25) is 0 Å². The molecular formula is C54H40N2. The molecule has 0 aromatic heterocycles. The fraction of sp³-hybridized carbons (Fsp3) is 0. The topological polar surface area (TPSA) is 6.48 Å². The van der Waals surface area contributed by atoms with Gasteiger partial charge in [-0.1, -0.05) is 194 Å². The van der Waals surface area contributed by atoms with Crippen molar-refractivity contribution in [3.63, 3.8) is 0 Å². The number of anilines is 6. The van der Waals surface area contributed by atoms with E-state index in [0.29, 0.717) is 0 Å². The molecule has 2 nitrogen and oxygen atoms in total. The predicted octanol–water partition coefficient (Wildman–Crippen LogP) is 15.3. The Hall–Kier alpha value is -7.42. The highest BCUT2D eigenvalue weighted by Crippen LogP contribution is 2.50. The van der Waals surface area contributed by atoms with E-state index in [2.05, 4.69) is 240 Å². The standard InChI is InChI=1S/C54H40N2/c1-5-17-41(18-6-1)29-31-43-33-37-47(38-34-43)55(45-21-9-3-10-22-45)53-49-25-13-15-27-51(49)54(52-28-16-14-26-50(52)53)56(46-23-11-4-12-24-46)48-39-35-44(36-40-48)32-30-42-19-7-2-8-20-42/h1-40H/b31-29-,32-30-. The average Bonchev–Trinajstić information content (AvgIpc) is 3.28. The summed E-state index contributed by atoms with van der Waals surface area (Å²) >= 11 is 0. The normalized spacial score (nSPS) is 11.4. The van der Waals surface area contributed by atoms with Gasteiger partial charge in [0, 0.05) is 44.3 Å². The molecule has 0 unspecified atom stereocenters. The summed E-state index contributed by atoms with van der Waals surface area (Å²) in [7, 11) is 0. The fourth-order valence-electron chi connectivity index (χ4n) is 7.52. The third kappa shape index (κ3) is 7.12. The van der Waals surface area contributed by atoms with E-state index in [0.717, 1.165) is 45.3 Å². The number of benzene rings is 9. The molecular weight excluding hydrogens is 677 g/mol. The van der Waals surface area contributed by atoms with E-state index < -0.39 is 0 Å². The summed E-state index contributed by atoms with van der Waals surface area (Å²) in [5.74, 6) is 0. The van der Waals surface area contributed by atoms with Gasteiger partial charge in [-0.15, -0.1) is 0 Å². The number of hydrogen-bond acceptors (Lipinski definition) is 2. The maximum absolute atomic E-state index is 2.42. The molecule has 9 aromatic carbocycles. The van der Waals surface area contributed by atoms with Gasteiger partial charge in [-0.05, 0) is 70.8 Å². The third-order valence-electron chi connectivity index (χ3n) is 10.2. The van der Waals surface area contributed by atoms with Crippen molar-refractivity contribution in [2.75, 3.05) is 9.80 Å².